The van der Waals surface area contributed by atoms with Crippen LogP contribution in [-0.4, -0.2) is 21.6 Å². The van der Waals surface area contributed by atoms with Crippen molar-refractivity contribution < 1.29 is 0 Å². The average molecular weight is 226 g/mol. The van der Waals surface area contributed by atoms with Crippen LogP contribution in [0, 0.1) is 6.92 Å². The van der Waals surface area contributed by atoms with Crippen molar-refractivity contribution in [1.29, 1.82) is 0 Å². The molecule has 0 bridgehead atoms. The van der Waals surface area contributed by atoms with Gasteiger partial charge in [-0.1, -0.05) is 0 Å². The summed E-state index contributed by atoms with van der Waals surface area (Å²) in [6.45, 7) is 2.02. The van der Waals surface area contributed by atoms with Crippen LogP contribution in [0.15, 0.2) is 12.3 Å². The van der Waals surface area contributed by atoms with Gasteiger partial charge in [0.15, 0.2) is 0 Å². The van der Waals surface area contributed by atoms with E-state index in [9.17, 15) is 0 Å². The first kappa shape index (κ1) is 10.7. The molecule has 0 aromatic carbocycles. The van der Waals surface area contributed by atoms with Crippen LogP contribution in [0.4, 0.5) is 5.82 Å². The normalized spacial score (nSPS) is 26.3. The van der Waals surface area contributed by atoms with Crippen molar-refractivity contribution in [3.8, 4) is 0 Å². The first-order valence-electron chi connectivity index (χ1n) is 5.44. The Bertz CT molecular complexity index is 321. The van der Waals surface area contributed by atoms with Gasteiger partial charge in [0.05, 0.1) is 6.20 Å². The summed E-state index contributed by atoms with van der Waals surface area (Å²) >= 11 is 6.05. The first-order valence-corrected chi connectivity index (χ1v) is 5.87. The molecule has 4 heteroatoms. The van der Waals surface area contributed by atoms with Gasteiger partial charge in [-0.05, 0) is 44.2 Å². The fraction of sp³-hybridized carbons (Fsp3) is 0.636. The van der Waals surface area contributed by atoms with Crippen molar-refractivity contribution in [2.75, 3.05) is 5.32 Å². The van der Waals surface area contributed by atoms with E-state index in [1.165, 1.54) is 0 Å². The van der Waals surface area contributed by atoms with Gasteiger partial charge in [-0.25, -0.2) is 0 Å². The summed E-state index contributed by atoms with van der Waals surface area (Å²) in [7, 11) is 0. The monoisotopic (exact) mass is 225 g/mol. The smallest absolute Gasteiger partial charge is 0.149 e. The topological polar surface area (TPSA) is 37.8 Å². The molecule has 82 valence electrons. The maximum atomic E-state index is 6.05. The minimum atomic E-state index is 0.367. The molecule has 1 aromatic rings. The number of anilines is 1. The van der Waals surface area contributed by atoms with Crippen molar-refractivity contribution >= 4 is 17.4 Å². The SMILES string of the molecule is Cc1cnnc(NC2CCC(Cl)CC2)c1. The van der Waals surface area contributed by atoms with E-state index in [0.717, 1.165) is 37.1 Å². The zero-order chi connectivity index (χ0) is 10.7. The second kappa shape index (κ2) is 4.79. The number of hydrogen-bond donors (Lipinski definition) is 1. The fourth-order valence-corrected chi connectivity index (χ4v) is 2.19. The van der Waals surface area contributed by atoms with Gasteiger partial charge in [0.1, 0.15) is 5.82 Å². The number of hydrogen-bond acceptors (Lipinski definition) is 3. The lowest BCUT2D eigenvalue weighted by Crippen LogP contribution is -2.26. The molecule has 0 saturated heterocycles. The molecule has 1 heterocycles. The highest BCUT2D eigenvalue weighted by Crippen LogP contribution is 2.24. The quantitative estimate of drug-likeness (QED) is 0.787. The second-order valence-corrected chi connectivity index (χ2v) is 4.83. The molecule has 0 spiro atoms. The van der Waals surface area contributed by atoms with Gasteiger partial charge in [0.2, 0.25) is 0 Å². The summed E-state index contributed by atoms with van der Waals surface area (Å²) in [6, 6.07) is 2.54. The molecule has 1 fully saturated rings. The molecule has 1 N–H and O–H groups in total. The Hall–Kier alpha value is -0.830. The van der Waals surface area contributed by atoms with Gasteiger partial charge in [-0.15, -0.1) is 16.7 Å². The van der Waals surface area contributed by atoms with Crippen LogP contribution in [0.25, 0.3) is 0 Å². The van der Waals surface area contributed by atoms with Crippen LogP contribution in [-0.2, 0) is 0 Å². The predicted octanol–water partition coefficient (Wildman–Crippen LogP) is 2.75. The van der Waals surface area contributed by atoms with E-state index in [0.29, 0.717) is 11.4 Å². The largest absolute Gasteiger partial charge is 0.366 e. The van der Waals surface area contributed by atoms with E-state index in [1.54, 1.807) is 6.20 Å². The molecule has 0 unspecified atom stereocenters. The highest BCUT2D eigenvalue weighted by Gasteiger charge is 2.19. The average Bonchev–Trinajstić information content (AvgIpc) is 2.22. The van der Waals surface area contributed by atoms with Crippen LogP contribution >= 0.6 is 11.6 Å². The third-order valence-corrected chi connectivity index (χ3v) is 3.24. The van der Waals surface area contributed by atoms with E-state index in [2.05, 4.69) is 15.5 Å². The van der Waals surface area contributed by atoms with Crippen molar-refractivity contribution in [1.82, 2.24) is 10.2 Å². The minimum Gasteiger partial charge on any atom is -0.366 e. The van der Waals surface area contributed by atoms with Crippen LogP contribution in [0.1, 0.15) is 31.2 Å². The predicted molar refractivity (Wildman–Crippen MR) is 62.3 cm³/mol. The fourth-order valence-electron chi connectivity index (χ4n) is 1.94. The van der Waals surface area contributed by atoms with Gasteiger partial charge in [0.25, 0.3) is 0 Å². The number of halogens is 1. The summed E-state index contributed by atoms with van der Waals surface area (Å²) in [5, 5.41) is 11.8. The Morgan fingerprint density at radius 1 is 1.33 bits per heavy atom. The van der Waals surface area contributed by atoms with Crippen molar-refractivity contribution in [2.45, 2.75) is 44.0 Å². The van der Waals surface area contributed by atoms with Gasteiger partial charge in [-0.3, -0.25) is 0 Å². The molecule has 0 amide bonds. The third kappa shape index (κ3) is 3.06. The molecule has 0 radical (unpaired) electrons. The number of nitrogens with one attached hydrogen (secondary N) is 1. The summed E-state index contributed by atoms with van der Waals surface area (Å²) in [5.74, 6) is 0.882. The zero-order valence-electron chi connectivity index (χ0n) is 8.91. The maximum absolute atomic E-state index is 6.05. The van der Waals surface area contributed by atoms with Crippen LogP contribution in [0.5, 0.6) is 0 Å². The number of nitrogens with zero attached hydrogens (tertiary/aromatic N) is 2. The van der Waals surface area contributed by atoms with Gasteiger partial charge >= 0.3 is 0 Å². The molecule has 0 atom stereocenters. The summed E-state index contributed by atoms with van der Waals surface area (Å²) in [4.78, 5) is 0. The zero-order valence-corrected chi connectivity index (χ0v) is 9.67. The molecule has 2 rings (SSSR count). The Balaban J connectivity index is 1.92. The third-order valence-electron chi connectivity index (χ3n) is 2.80. The molecule has 15 heavy (non-hydrogen) atoms. The standard InChI is InChI=1S/C11H16ClN3/c1-8-6-11(15-13-7-8)14-10-4-2-9(12)3-5-10/h6-7,9-10H,2-5H2,1H3,(H,14,15). The molecule has 3 nitrogen and oxygen atoms in total. The lowest BCUT2D eigenvalue weighted by molar-refractivity contribution is 0.467. The second-order valence-electron chi connectivity index (χ2n) is 4.21. The van der Waals surface area contributed by atoms with Crippen molar-refractivity contribution in [3.63, 3.8) is 0 Å². The number of aryl methyl sites for hydroxylation is 1. The van der Waals surface area contributed by atoms with E-state index in [4.69, 9.17) is 11.6 Å². The highest BCUT2D eigenvalue weighted by atomic mass is 35.5. The van der Waals surface area contributed by atoms with Crippen LogP contribution in [0.2, 0.25) is 0 Å². The van der Waals surface area contributed by atoms with E-state index in [-0.39, 0.29) is 0 Å². The minimum absolute atomic E-state index is 0.367. The Morgan fingerprint density at radius 3 is 2.73 bits per heavy atom. The lowest BCUT2D eigenvalue weighted by Gasteiger charge is -2.26. The number of aromatic nitrogens is 2. The number of alkyl halides is 1. The molecule has 1 aromatic heterocycles. The number of rotatable bonds is 2. The highest BCUT2D eigenvalue weighted by molar-refractivity contribution is 6.20. The molecule has 1 aliphatic rings. The molecule has 0 aliphatic heterocycles. The van der Waals surface area contributed by atoms with E-state index in [1.807, 2.05) is 13.0 Å². The van der Waals surface area contributed by atoms with Crippen LogP contribution in [0.3, 0.4) is 0 Å². The van der Waals surface area contributed by atoms with E-state index >= 15 is 0 Å². The van der Waals surface area contributed by atoms with Crippen molar-refractivity contribution in [3.05, 3.63) is 17.8 Å². The molecule has 1 aliphatic carbocycles. The molecular formula is C11H16ClN3. The van der Waals surface area contributed by atoms with Gasteiger partial charge in [0, 0.05) is 11.4 Å². The van der Waals surface area contributed by atoms with Crippen LogP contribution < -0.4 is 5.32 Å². The molecule has 1 saturated carbocycles. The summed E-state index contributed by atoms with van der Waals surface area (Å²) < 4.78 is 0. The Kier molecular flexibility index (Phi) is 3.41. The summed E-state index contributed by atoms with van der Waals surface area (Å²) in [6.07, 6.45) is 6.21. The van der Waals surface area contributed by atoms with Gasteiger partial charge in [-0.2, -0.15) is 5.10 Å². The Morgan fingerprint density at radius 2 is 2.07 bits per heavy atom. The van der Waals surface area contributed by atoms with Gasteiger partial charge < -0.3 is 5.32 Å². The summed E-state index contributed by atoms with van der Waals surface area (Å²) in [5.41, 5.74) is 1.14. The van der Waals surface area contributed by atoms with E-state index < -0.39 is 0 Å². The first-order chi connectivity index (χ1) is 7.24. The molecular weight excluding hydrogens is 210 g/mol. The lowest BCUT2D eigenvalue weighted by atomic mass is 9.95. The maximum Gasteiger partial charge on any atom is 0.149 e. The van der Waals surface area contributed by atoms with Crippen molar-refractivity contribution in [2.24, 2.45) is 0 Å². The Labute approximate surface area is 95.2 Å².